The second-order valence-electron chi connectivity index (χ2n) is 6.28. The number of likely N-dealkylation sites (tertiary alicyclic amines) is 1. The number of ether oxygens (including phenoxy) is 1. The first-order chi connectivity index (χ1) is 11.0. The van der Waals surface area contributed by atoms with Crippen LogP contribution in [0.25, 0.3) is 0 Å². The molecule has 7 heteroatoms. The second kappa shape index (κ2) is 11.9. The van der Waals surface area contributed by atoms with Crippen LogP contribution in [-0.2, 0) is 9.53 Å². The monoisotopic (exact) mass is 454 g/mol. The van der Waals surface area contributed by atoms with E-state index in [2.05, 4.69) is 49.7 Å². The van der Waals surface area contributed by atoms with E-state index in [1.54, 1.807) is 0 Å². The van der Waals surface area contributed by atoms with Crippen LogP contribution in [-0.4, -0.2) is 74.1 Å². The fraction of sp³-hybridized carbons (Fsp3) is 0.882. The van der Waals surface area contributed by atoms with Crippen LogP contribution >= 0.6 is 24.0 Å². The van der Waals surface area contributed by atoms with Gasteiger partial charge >= 0.3 is 5.97 Å². The Labute approximate surface area is 164 Å². The molecule has 1 heterocycles. The van der Waals surface area contributed by atoms with Gasteiger partial charge < -0.3 is 15.0 Å². The molecular weight excluding hydrogens is 419 g/mol. The van der Waals surface area contributed by atoms with Gasteiger partial charge in [-0.3, -0.25) is 14.7 Å². The lowest BCUT2D eigenvalue weighted by atomic mass is 9.99. The summed E-state index contributed by atoms with van der Waals surface area (Å²) < 4.78 is 4.92. The molecule has 0 saturated carbocycles. The number of esters is 1. The van der Waals surface area contributed by atoms with Crippen molar-refractivity contribution in [3.8, 4) is 0 Å². The highest BCUT2D eigenvalue weighted by molar-refractivity contribution is 14.0. The van der Waals surface area contributed by atoms with Crippen molar-refractivity contribution in [3.63, 3.8) is 0 Å². The van der Waals surface area contributed by atoms with Crippen molar-refractivity contribution in [2.24, 2.45) is 16.8 Å². The number of likely N-dealkylation sites (N-methyl/N-ethyl adjacent to an activating group) is 1. The third-order valence-corrected chi connectivity index (χ3v) is 4.69. The lowest BCUT2D eigenvalue weighted by Gasteiger charge is -2.26. The standard InChI is InChI=1S/C17H34N4O2.HI/c1-7-18-17(19-10-14(5)20(8-2)9-3)21-11-13(4)15(12-21)16(22)23-6;/h13-15H,7-12H2,1-6H3,(H,18,19);1H. The molecule has 0 aliphatic carbocycles. The van der Waals surface area contributed by atoms with Crippen LogP contribution in [0.4, 0.5) is 0 Å². The molecule has 1 fully saturated rings. The molecule has 0 radical (unpaired) electrons. The smallest absolute Gasteiger partial charge is 0.310 e. The van der Waals surface area contributed by atoms with E-state index < -0.39 is 0 Å². The molecule has 0 aromatic heterocycles. The number of aliphatic imine (C=N–C) groups is 1. The van der Waals surface area contributed by atoms with Gasteiger partial charge in [-0.2, -0.15) is 0 Å². The predicted molar refractivity (Wildman–Crippen MR) is 110 cm³/mol. The van der Waals surface area contributed by atoms with Gasteiger partial charge in [-0.15, -0.1) is 24.0 Å². The molecule has 0 amide bonds. The first-order valence-electron chi connectivity index (χ1n) is 8.83. The van der Waals surface area contributed by atoms with E-state index in [1.165, 1.54) is 7.11 Å². The molecule has 0 aromatic rings. The van der Waals surface area contributed by atoms with Gasteiger partial charge in [-0.1, -0.05) is 20.8 Å². The highest BCUT2D eigenvalue weighted by Crippen LogP contribution is 2.24. The number of halogens is 1. The van der Waals surface area contributed by atoms with Gasteiger partial charge in [-0.05, 0) is 32.9 Å². The van der Waals surface area contributed by atoms with Gasteiger partial charge in [0.25, 0.3) is 0 Å². The van der Waals surface area contributed by atoms with Crippen molar-refractivity contribution in [1.29, 1.82) is 0 Å². The van der Waals surface area contributed by atoms with Crippen molar-refractivity contribution in [2.45, 2.75) is 40.7 Å². The minimum absolute atomic E-state index is 0. The van der Waals surface area contributed by atoms with Crippen molar-refractivity contribution in [2.75, 3.05) is 46.4 Å². The molecule has 1 rings (SSSR count). The zero-order valence-electron chi connectivity index (χ0n) is 16.0. The first-order valence-corrected chi connectivity index (χ1v) is 8.83. The fourth-order valence-corrected chi connectivity index (χ4v) is 3.20. The summed E-state index contributed by atoms with van der Waals surface area (Å²) in [4.78, 5) is 21.3. The lowest BCUT2D eigenvalue weighted by molar-refractivity contribution is -0.145. The number of carbonyl (C=O) groups excluding carboxylic acids is 1. The second-order valence-corrected chi connectivity index (χ2v) is 6.28. The summed E-state index contributed by atoms with van der Waals surface area (Å²) in [6.45, 7) is 15.9. The van der Waals surface area contributed by atoms with E-state index in [0.717, 1.165) is 38.7 Å². The van der Waals surface area contributed by atoms with E-state index in [1.807, 2.05) is 0 Å². The Balaban J connectivity index is 0.00000529. The molecule has 6 nitrogen and oxygen atoms in total. The number of nitrogens with zero attached hydrogens (tertiary/aromatic N) is 3. The summed E-state index contributed by atoms with van der Waals surface area (Å²) in [5.74, 6) is 1.01. The summed E-state index contributed by atoms with van der Waals surface area (Å²) in [6.07, 6.45) is 0. The lowest BCUT2D eigenvalue weighted by Crippen LogP contribution is -2.42. The Morgan fingerprint density at radius 3 is 2.46 bits per heavy atom. The van der Waals surface area contributed by atoms with Crippen LogP contribution in [0.2, 0.25) is 0 Å². The summed E-state index contributed by atoms with van der Waals surface area (Å²) in [7, 11) is 1.46. The fourth-order valence-electron chi connectivity index (χ4n) is 3.20. The molecule has 0 spiro atoms. The quantitative estimate of drug-likeness (QED) is 0.276. The molecule has 24 heavy (non-hydrogen) atoms. The Bertz CT molecular complexity index is 402. The van der Waals surface area contributed by atoms with E-state index in [-0.39, 0.29) is 41.8 Å². The number of nitrogens with one attached hydrogen (secondary N) is 1. The molecule has 3 unspecified atom stereocenters. The zero-order valence-corrected chi connectivity index (χ0v) is 18.4. The number of carbonyl (C=O) groups is 1. The van der Waals surface area contributed by atoms with Crippen LogP contribution in [0.1, 0.15) is 34.6 Å². The van der Waals surface area contributed by atoms with Gasteiger partial charge in [0.05, 0.1) is 19.6 Å². The van der Waals surface area contributed by atoms with Crippen molar-refractivity contribution in [1.82, 2.24) is 15.1 Å². The summed E-state index contributed by atoms with van der Waals surface area (Å²) in [5.41, 5.74) is 0. The number of hydrogen-bond acceptors (Lipinski definition) is 4. The highest BCUT2D eigenvalue weighted by atomic mass is 127. The third-order valence-electron chi connectivity index (χ3n) is 4.69. The number of rotatable bonds is 7. The Morgan fingerprint density at radius 2 is 1.96 bits per heavy atom. The van der Waals surface area contributed by atoms with E-state index in [9.17, 15) is 4.79 Å². The molecule has 1 aliphatic rings. The topological polar surface area (TPSA) is 57.2 Å². The first kappa shape index (κ1) is 23.4. The molecule has 3 atom stereocenters. The number of methoxy groups -OCH3 is 1. The minimum atomic E-state index is -0.118. The van der Waals surface area contributed by atoms with E-state index >= 15 is 0 Å². The molecule has 1 aliphatic heterocycles. The van der Waals surface area contributed by atoms with Gasteiger partial charge in [0, 0.05) is 25.7 Å². The van der Waals surface area contributed by atoms with Crippen LogP contribution in [0.15, 0.2) is 4.99 Å². The van der Waals surface area contributed by atoms with Gasteiger partial charge in [-0.25, -0.2) is 0 Å². The van der Waals surface area contributed by atoms with Crippen LogP contribution < -0.4 is 5.32 Å². The largest absolute Gasteiger partial charge is 0.469 e. The molecule has 0 bridgehead atoms. The average molecular weight is 454 g/mol. The Morgan fingerprint density at radius 1 is 1.33 bits per heavy atom. The average Bonchev–Trinajstić information content (AvgIpc) is 2.93. The SMILES string of the molecule is CCNC(=NCC(C)N(CC)CC)N1CC(C)C(C(=O)OC)C1.I. The maximum atomic E-state index is 11.9. The summed E-state index contributed by atoms with van der Waals surface area (Å²) in [5, 5.41) is 3.36. The van der Waals surface area contributed by atoms with Crippen molar-refractivity contribution < 1.29 is 9.53 Å². The Kier molecular flexibility index (Phi) is 11.6. The maximum Gasteiger partial charge on any atom is 0.310 e. The van der Waals surface area contributed by atoms with E-state index in [4.69, 9.17) is 9.73 Å². The van der Waals surface area contributed by atoms with E-state index in [0.29, 0.717) is 12.6 Å². The normalized spacial score (nSPS) is 22.3. The zero-order chi connectivity index (χ0) is 17.4. The Hall–Kier alpha value is -0.570. The number of guanidine groups is 1. The van der Waals surface area contributed by atoms with Crippen molar-refractivity contribution in [3.05, 3.63) is 0 Å². The molecule has 1 saturated heterocycles. The molecule has 1 N–H and O–H groups in total. The predicted octanol–water partition coefficient (Wildman–Crippen LogP) is 2.04. The van der Waals surface area contributed by atoms with Gasteiger partial charge in [0.15, 0.2) is 5.96 Å². The van der Waals surface area contributed by atoms with Crippen molar-refractivity contribution >= 4 is 35.9 Å². The summed E-state index contributed by atoms with van der Waals surface area (Å²) >= 11 is 0. The van der Waals surface area contributed by atoms with Crippen LogP contribution in [0, 0.1) is 11.8 Å². The number of hydrogen-bond donors (Lipinski definition) is 1. The molecule has 142 valence electrons. The highest BCUT2D eigenvalue weighted by Gasteiger charge is 2.36. The van der Waals surface area contributed by atoms with Crippen LogP contribution in [0.5, 0.6) is 0 Å². The molecular formula is C17H35IN4O2. The van der Waals surface area contributed by atoms with Crippen LogP contribution in [0.3, 0.4) is 0 Å². The van der Waals surface area contributed by atoms with Gasteiger partial charge in [0.1, 0.15) is 0 Å². The molecule has 0 aromatic carbocycles. The maximum absolute atomic E-state index is 11.9. The van der Waals surface area contributed by atoms with Gasteiger partial charge in [0.2, 0.25) is 0 Å². The minimum Gasteiger partial charge on any atom is -0.469 e. The summed E-state index contributed by atoms with van der Waals surface area (Å²) in [6, 6.07) is 0.412. The third kappa shape index (κ3) is 6.38.